The Balaban J connectivity index is 1.83. The Bertz CT molecular complexity index is 1070. The largest absolute Gasteiger partial charge is 0.490 e. The molecule has 1 amide bonds. The van der Waals surface area contributed by atoms with Gasteiger partial charge in [0.2, 0.25) is 5.91 Å². The number of carbonyl (C=O) groups is 1. The lowest BCUT2D eigenvalue weighted by Crippen LogP contribution is -2.30. The minimum Gasteiger partial charge on any atom is -0.490 e. The highest BCUT2D eigenvalue weighted by molar-refractivity contribution is 5.80. The molecular formula is C20H22F2N6O3. The number of anilines is 1. The number of amides is 1. The van der Waals surface area contributed by atoms with Gasteiger partial charge in [0.25, 0.3) is 0 Å². The number of rotatable bonds is 7. The van der Waals surface area contributed by atoms with E-state index in [0.29, 0.717) is 48.1 Å². The van der Waals surface area contributed by atoms with Crippen LogP contribution in [0.4, 0.5) is 14.5 Å². The zero-order valence-electron chi connectivity index (χ0n) is 17.1. The van der Waals surface area contributed by atoms with Crippen molar-refractivity contribution in [3.63, 3.8) is 0 Å². The summed E-state index contributed by atoms with van der Waals surface area (Å²) in [5.41, 5.74) is 1.72. The van der Waals surface area contributed by atoms with Crippen molar-refractivity contribution >= 4 is 11.6 Å². The van der Waals surface area contributed by atoms with E-state index in [1.807, 2.05) is 6.92 Å². The van der Waals surface area contributed by atoms with Crippen molar-refractivity contribution in [2.75, 3.05) is 32.1 Å². The number of benzene rings is 1. The van der Waals surface area contributed by atoms with E-state index in [9.17, 15) is 13.6 Å². The van der Waals surface area contributed by atoms with Gasteiger partial charge in [0, 0.05) is 38.6 Å². The van der Waals surface area contributed by atoms with Crippen LogP contribution in [0.3, 0.4) is 0 Å². The van der Waals surface area contributed by atoms with Crippen LogP contribution in [0.15, 0.2) is 36.8 Å². The van der Waals surface area contributed by atoms with Crippen molar-refractivity contribution in [2.45, 2.75) is 20.1 Å². The summed E-state index contributed by atoms with van der Waals surface area (Å²) in [7, 11) is 1.70. The molecule has 0 fully saturated rings. The molecule has 0 aliphatic carbocycles. The van der Waals surface area contributed by atoms with E-state index in [1.165, 1.54) is 10.7 Å². The number of aromatic nitrogens is 4. The van der Waals surface area contributed by atoms with Gasteiger partial charge in [0.15, 0.2) is 0 Å². The molecule has 0 atom stereocenters. The highest BCUT2D eigenvalue weighted by atomic mass is 19.3. The number of nitrogens with zero attached hydrogens (tertiary/aromatic N) is 5. The number of hydrogen-bond acceptors (Lipinski definition) is 6. The molecule has 164 valence electrons. The van der Waals surface area contributed by atoms with E-state index in [4.69, 9.17) is 9.47 Å². The summed E-state index contributed by atoms with van der Waals surface area (Å²) in [6, 6.07) is 4.81. The monoisotopic (exact) mass is 432 g/mol. The fourth-order valence-corrected chi connectivity index (χ4v) is 3.24. The van der Waals surface area contributed by atoms with Crippen LogP contribution in [0.5, 0.6) is 11.5 Å². The third-order valence-electron chi connectivity index (χ3n) is 4.92. The van der Waals surface area contributed by atoms with Crippen molar-refractivity contribution < 1.29 is 23.0 Å². The fourth-order valence-electron chi connectivity index (χ4n) is 3.24. The summed E-state index contributed by atoms with van der Waals surface area (Å²) in [5, 5.41) is 11.9. The molecule has 0 saturated carbocycles. The van der Waals surface area contributed by atoms with Crippen molar-refractivity contribution in [1.29, 1.82) is 0 Å². The molecule has 9 nitrogen and oxygen atoms in total. The van der Waals surface area contributed by atoms with Gasteiger partial charge in [0.1, 0.15) is 36.0 Å². The molecular weight excluding hydrogens is 410 g/mol. The first kappa shape index (κ1) is 20.6. The Hall–Kier alpha value is -3.63. The summed E-state index contributed by atoms with van der Waals surface area (Å²) in [6.45, 7) is 0.404. The maximum atomic E-state index is 13.2. The molecule has 0 bridgehead atoms. The standard InChI is InChI=1S/C20H22F2N6O3/c1-3-26(2)18(29)12-27-11-15(28-7-4-5-24-28)19(25-27)13-9-17-14(23-6-8-30-17)10-16(13)31-20(21)22/h4-5,7,9-11,20,23H,3,6,8,12H2,1-2H3. The molecule has 3 heterocycles. The van der Waals surface area contributed by atoms with E-state index in [2.05, 4.69) is 15.5 Å². The average molecular weight is 432 g/mol. The molecule has 0 saturated heterocycles. The summed E-state index contributed by atoms with van der Waals surface area (Å²) in [5.74, 6) is 0.318. The van der Waals surface area contributed by atoms with Gasteiger partial charge in [-0.1, -0.05) is 0 Å². The van der Waals surface area contributed by atoms with Gasteiger partial charge in [-0.3, -0.25) is 9.48 Å². The number of ether oxygens (including phenoxy) is 2. The molecule has 1 aliphatic rings. The number of fused-ring (bicyclic) bond motifs is 1. The van der Waals surface area contributed by atoms with Crippen molar-refractivity contribution in [3.8, 4) is 28.4 Å². The molecule has 11 heteroatoms. The van der Waals surface area contributed by atoms with Gasteiger partial charge in [-0.15, -0.1) is 0 Å². The van der Waals surface area contributed by atoms with Crippen LogP contribution < -0.4 is 14.8 Å². The van der Waals surface area contributed by atoms with E-state index in [0.717, 1.165) is 0 Å². The van der Waals surface area contributed by atoms with Gasteiger partial charge in [-0.05, 0) is 19.1 Å². The number of carbonyl (C=O) groups excluding carboxylic acids is 1. The molecule has 1 N–H and O–H groups in total. The molecule has 0 unspecified atom stereocenters. The van der Waals surface area contributed by atoms with Crippen LogP contribution in [0.1, 0.15) is 6.92 Å². The minimum absolute atomic E-state index is 0.00730. The number of likely N-dealkylation sites (N-methyl/N-ethyl adjacent to an activating group) is 1. The topological polar surface area (TPSA) is 86.4 Å². The summed E-state index contributed by atoms with van der Waals surface area (Å²) < 4.78 is 39.8. The van der Waals surface area contributed by atoms with E-state index in [1.54, 1.807) is 47.4 Å². The lowest BCUT2D eigenvalue weighted by molar-refractivity contribution is -0.130. The van der Waals surface area contributed by atoms with E-state index < -0.39 is 6.61 Å². The van der Waals surface area contributed by atoms with Crippen LogP contribution in [0.25, 0.3) is 16.9 Å². The maximum absolute atomic E-state index is 13.2. The lowest BCUT2D eigenvalue weighted by Gasteiger charge is -2.21. The quantitative estimate of drug-likeness (QED) is 0.618. The Morgan fingerprint density at radius 2 is 2.26 bits per heavy atom. The van der Waals surface area contributed by atoms with Gasteiger partial charge < -0.3 is 19.7 Å². The van der Waals surface area contributed by atoms with Crippen molar-refractivity contribution in [1.82, 2.24) is 24.5 Å². The maximum Gasteiger partial charge on any atom is 0.387 e. The molecule has 0 spiro atoms. The summed E-state index contributed by atoms with van der Waals surface area (Å²) >= 11 is 0. The van der Waals surface area contributed by atoms with Crippen molar-refractivity contribution in [2.24, 2.45) is 0 Å². The second-order valence-electron chi connectivity index (χ2n) is 6.92. The lowest BCUT2D eigenvalue weighted by atomic mass is 10.1. The molecule has 1 aromatic carbocycles. The van der Waals surface area contributed by atoms with Gasteiger partial charge in [-0.2, -0.15) is 19.0 Å². The van der Waals surface area contributed by atoms with Gasteiger partial charge in [0.05, 0.1) is 17.4 Å². The highest BCUT2D eigenvalue weighted by Gasteiger charge is 2.24. The first-order valence-corrected chi connectivity index (χ1v) is 9.77. The summed E-state index contributed by atoms with van der Waals surface area (Å²) in [4.78, 5) is 13.9. The third-order valence-corrected chi connectivity index (χ3v) is 4.92. The fraction of sp³-hybridized carbons (Fsp3) is 0.350. The number of hydrogen-bond donors (Lipinski definition) is 1. The Labute approximate surface area is 177 Å². The van der Waals surface area contributed by atoms with Crippen LogP contribution in [0.2, 0.25) is 0 Å². The molecule has 2 aromatic heterocycles. The van der Waals surface area contributed by atoms with Crippen molar-refractivity contribution in [3.05, 3.63) is 36.8 Å². The minimum atomic E-state index is -3.02. The van der Waals surface area contributed by atoms with Gasteiger partial charge >= 0.3 is 6.61 Å². The molecule has 31 heavy (non-hydrogen) atoms. The average Bonchev–Trinajstić information content (AvgIpc) is 3.42. The first-order chi connectivity index (χ1) is 15.0. The number of halogens is 2. The zero-order valence-corrected chi connectivity index (χ0v) is 17.1. The van der Waals surface area contributed by atoms with E-state index >= 15 is 0 Å². The van der Waals surface area contributed by atoms with E-state index in [-0.39, 0.29) is 18.2 Å². The molecule has 0 radical (unpaired) electrons. The molecule has 1 aliphatic heterocycles. The highest BCUT2D eigenvalue weighted by Crippen LogP contribution is 2.41. The number of nitrogens with one attached hydrogen (secondary N) is 1. The Kier molecular flexibility index (Phi) is 5.74. The Morgan fingerprint density at radius 1 is 1.42 bits per heavy atom. The Morgan fingerprint density at radius 3 is 2.97 bits per heavy atom. The number of alkyl halides is 2. The third kappa shape index (κ3) is 4.30. The second kappa shape index (κ2) is 8.62. The molecule has 4 rings (SSSR count). The zero-order chi connectivity index (χ0) is 22.0. The predicted molar refractivity (Wildman–Crippen MR) is 109 cm³/mol. The smallest absolute Gasteiger partial charge is 0.387 e. The van der Waals surface area contributed by atoms with Crippen LogP contribution in [-0.4, -0.2) is 63.7 Å². The summed E-state index contributed by atoms with van der Waals surface area (Å²) in [6.07, 6.45) is 4.94. The second-order valence-corrected chi connectivity index (χ2v) is 6.92. The predicted octanol–water partition coefficient (Wildman–Crippen LogP) is 2.62. The van der Waals surface area contributed by atoms with Crippen LogP contribution in [0, 0.1) is 0 Å². The SMILES string of the molecule is CCN(C)C(=O)Cn1cc(-n2cccn2)c(-c2cc3c(cc2OC(F)F)NCCO3)n1. The first-order valence-electron chi connectivity index (χ1n) is 9.77. The molecule has 3 aromatic rings. The van der Waals surface area contributed by atoms with Crippen LogP contribution in [-0.2, 0) is 11.3 Å². The van der Waals surface area contributed by atoms with Gasteiger partial charge in [-0.25, -0.2) is 4.68 Å². The normalized spacial score (nSPS) is 12.8. The van der Waals surface area contributed by atoms with Crippen LogP contribution >= 0.6 is 0 Å².